The van der Waals surface area contributed by atoms with Crippen molar-refractivity contribution in [2.45, 2.75) is 24.9 Å². The molecule has 8 heteroatoms. The Kier molecular flexibility index (Phi) is 6.84. The molecular weight excluding hydrogens is 440 g/mol. The van der Waals surface area contributed by atoms with Crippen LogP contribution in [0.3, 0.4) is 0 Å². The summed E-state index contributed by atoms with van der Waals surface area (Å²) in [6.45, 7) is 1.92. The first-order chi connectivity index (χ1) is 16.0. The van der Waals surface area contributed by atoms with E-state index < -0.39 is 12.0 Å². The molecule has 0 bridgehead atoms. The summed E-state index contributed by atoms with van der Waals surface area (Å²) in [4.78, 5) is 40.0. The lowest BCUT2D eigenvalue weighted by Gasteiger charge is -2.49. The van der Waals surface area contributed by atoms with Crippen LogP contribution in [0.15, 0.2) is 78.0 Å². The van der Waals surface area contributed by atoms with Gasteiger partial charge in [-0.15, -0.1) is 11.8 Å². The molecule has 2 aliphatic heterocycles. The number of nitrogens with one attached hydrogen (secondary N) is 1. The number of hydrogen-bond donors (Lipinski definition) is 1. The SMILES string of the molecule is C/C=C\C1=C(C(=O)OCc2ccc(OC)cc2)N2C(=O)C(NC(=O)c3ccccc3)C2SC1. The molecule has 1 fully saturated rings. The van der Waals surface area contributed by atoms with Crippen LogP contribution in [-0.2, 0) is 20.9 Å². The lowest BCUT2D eigenvalue weighted by atomic mass is 10.0. The quantitative estimate of drug-likeness (QED) is 0.500. The molecule has 2 aromatic carbocycles. The van der Waals surface area contributed by atoms with Crippen molar-refractivity contribution in [1.82, 2.24) is 10.2 Å². The standard InChI is InChI=1S/C25H24N2O5S/c1-3-7-18-15-33-24-20(26-22(28)17-8-5-4-6-9-17)23(29)27(24)21(18)25(30)32-14-16-10-12-19(31-2)13-11-16/h3-13,20,24H,14-15H2,1-2H3,(H,26,28)/b7-3-. The largest absolute Gasteiger partial charge is 0.497 e. The van der Waals surface area contributed by atoms with Gasteiger partial charge in [-0.2, -0.15) is 0 Å². The van der Waals surface area contributed by atoms with Gasteiger partial charge in [0.25, 0.3) is 11.8 Å². The zero-order valence-electron chi connectivity index (χ0n) is 18.3. The minimum atomic E-state index is -0.695. The summed E-state index contributed by atoms with van der Waals surface area (Å²) in [7, 11) is 1.58. The van der Waals surface area contributed by atoms with Gasteiger partial charge in [0.05, 0.1) is 7.11 Å². The number of hydrogen-bond acceptors (Lipinski definition) is 6. The molecule has 2 heterocycles. The minimum absolute atomic E-state index is 0.0729. The Bertz CT molecular complexity index is 1110. The number of ether oxygens (including phenoxy) is 2. The van der Waals surface area contributed by atoms with Gasteiger partial charge < -0.3 is 14.8 Å². The number of methoxy groups -OCH3 is 1. The van der Waals surface area contributed by atoms with Gasteiger partial charge in [0.1, 0.15) is 29.5 Å². The third kappa shape index (κ3) is 4.66. The number of rotatable bonds is 7. The number of fused-ring (bicyclic) bond motifs is 1. The number of thioether (sulfide) groups is 1. The molecule has 2 aliphatic rings. The van der Waals surface area contributed by atoms with Gasteiger partial charge in [-0.05, 0) is 42.3 Å². The summed E-state index contributed by atoms with van der Waals surface area (Å²) in [5.41, 5.74) is 2.25. The Labute approximate surface area is 196 Å². The summed E-state index contributed by atoms with van der Waals surface area (Å²) in [5, 5.41) is 2.44. The van der Waals surface area contributed by atoms with Crippen LogP contribution in [0.4, 0.5) is 0 Å². The van der Waals surface area contributed by atoms with E-state index >= 15 is 0 Å². The van der Waals surface area contributed by atoms with Gasteiger partial charge in [-0.25, -0.2) is 4.79 Å². The summed E-state index contributed by atoms with van der Waals surface area (Å²) < 4.78 is 10.7. The number of amides is 2. The highest BCUT2D eigenvalue weighted by atomic mass is 32.2. The van der Waals surface area contributed by atoms with Gasteiger partial charge in [-0.1, -0.05) is 42.5 Å². The van der Waals surface area contributed by atoms with Gasteiger partial charge in [0.2, 0.25) is 0 Å². The molecule has 170 valence electrons. The molecular formula is C25H24N2O5S. The van der Waals surface area contributed by atoms with Crippen molar-refractivity contribution in [3.63, 3.8) is 0 Å². The molecule has 2 atom stereocenters. The number of carbonyl (C=O) groups is 3. The second-order valence-corrected chi connectivity index (χ2v) is 8.63. The Hall–Kier alpha value is -3.52. The fraction of sp³-hybridized carbons (Fsp3) is 0.240. The summed E-state index contributed by atoms with van der Waals surface area (Å²) in [6.07, 6.45) is 3.64. The van der Waals surface area contributed by atoms with Crippen LogP contribution < -0.4 is 10.1 Å². The van der Waals surface area contributed by atoms with Crippen LogP contribution in [0.2, 0.25) is 0 Å². The van der Waals surface area contributed by atoms with Crippen LogP contribution in [0, 0.1) is 0 Å². The Morgan fingerprint density at radius 3 is 2.55 bits per heavy atom. The molecule has 7 nitrogen and oxygen atoms in total. The fourth-order valence-corrected chi connectivity index (χ4v) is 5.03. The average Bonchev–Trinajstić information content (AvgIpc) is 2.86. The number of carbonyl (C=O) groups excluding carboxylic acids is 3. The van der Waals surface area contributed by atoms with E-state index in [0.29, 0.717) is 17.1 Å². The molecule has 33 heavy (non-hydrogen) atoms. The average molecular weight is 465 g/mol. The van der Waals surface area contributed by atoms with Gasteiger partial charge in [0, 0.05) is 11.3 Å². The lowest BCUT2D eigenvalue weighted by molar-refractivity contribution is -0.152. The van der Waals surface area contributed by atoms with Crippen LogP contribution in [0.5, 0.6) is 5.75 Å². The second kappa shape index (κ2) is 9.95. The molecule has 0 radical (unpaired) electrons. The van der Waals surface area contributed by atoms with Gasteiger partial charge in [0.15, 0.2) is 0 Å². The summed E-state index contributed by atoms with van der Waals surface area (Å²) in [5.74, 6) is 0.0372. The van der Waals surface area contributed by atoms with E-state index in [1.165, 1.54) is 16.7 Å². The van der Waals surface area contributed by atoms with E-state index in [2.05, 4.69) is 5.32 Å². The highest BCUT2D eigenvalue weighted by Crippen LogP contribution is 2.41. The van der Waals surface area contributed by atoms with Crippen LogP contribution in [0.1, 0.15) is 22.8 Å². The van der Waals surface area contributed by atoms with Crippen LogP contribution >= 0.6 is 11.8 Å². The predicted octanol–water partition coefficient (Wildman–Crippen LogP) is 3.28. The molecule has 4 rings (SSSR count). The Morgan fingerprint density at radius 1 is 1.15 bits per heavy atom. The van der Waals surface area contributed by atoms with Gasteiger partial charge >= 0.3 is 5.97 Å². The lowest BCUT2D eigenvalue weighted by Crippen LogP contribution is -2.70. The predicted molar refractivity (Wildman–Crippen MR) is 125 cm³/mol. The molecule has 1 N–H and O–H groups in total. The number of β-lactam (4-membered cyclic amide) rings is 1. The number of benzene rings is 2. The first-order valence-corrected chi connectivity index (χ1v) is 11.5. The first kappa shape index (κ1) is 22.7. The smallest absolute Gasteiger partial charge is 0.355 e. The maximum Gasteiger partial charge on any atom is 0.355 e. The molecule has 2 amide bonds. The van der Waals surface area contributed by atoms with E-state index in [9.17, 15) is 14.4 Å². The van der Waals surface area contributed by atoms with Crippen molar-refractivity contribution in [3.8, 4) is 5.75 Å². The molecule has 0 aliphatic carbocycles. The van der Waals surface area contributed by atoms with Crippen molar-refractivity contribution in [1.29, 1.82) is 0 Å². The molecule has 0 spiro atoms. The van der Waals surface area contributed by atoms with Crippen molar-refractivity contribution >= 4 is 29.5 Å². The summed E-state index contributed by atoms with van der Waals surface area (Å²) in [6, 6.07) is 15.3. The topological polar surface area (TPSA) is 84.9 Å². The van der Waals surface area contributed by atoms with Crippen molar-refractivity contribution < 1.29 is 23.9 Å². The van der Waals surface area contributed by atoms with E-state index in [-0.39, 0.29) is 29.5 Å². The second-order valence-electron chi connectivity index (χ2n) is 7.53. The zero-order chi connectivity index (χ0) is 23.4. The molecule has 2 unspecified atom stereocenters. The molecule has 1 saturated heterocycles. The van der Waals surface area contributed by atoms with Crippen molar-refractivity contribution in [3.05, 3.63) is 89.1 Å². The Balaban J connectivity index is 1.48. The van der Waals surface area contributed by atoms with Crippen LogP contribution in [0.25, 0.3) is 0 Å². The van der Waals surface area contributed by atoms with Crippen molar-refractivity contribution in [2.24, 2.45) is 0 Å². The van der Waals surface area contributed by atoms with Gasteiger partial charge in [-0.3, -0.25) is 14.5 Å². The number of nitrogens with zero attached hydrogens (tertiary/aromatic N) is 1. The Morgan fingerprint density at radius 2 is 1.88 bits per heavy atom. The third-order valence-corrected chi connectivity index (χ3v) is 6.71. The number of esters is 1. The maximum atomic E-state index is 13.0. The van der Waals surface area contributed by atoms with E-state index in [1.807, 2.05) is 37.3 Å². The molecule has 0 aromatic heterocycles. The first-order valence-electron chi connectivity index (χ1n) is 10.5. The number of allylic oxidation sites excluding steroid dienone is 2. The monoisotopic (exact) mass is 464 g/mol. The normalized spacial score (nSPS) is 19.7. The third-order valence-electron chi connectivity index (χ3n) is 5.41. The van der Waals surface area contributed by atoms with Crippen molar-refractivity contribution in [2.75, 3.05) is 12.9 Å². The molecule has 2 aromatic rings. The van der Waals surface area contributed by atoms with E-state index in [0.717, 1.165) is 11.1 Å². The highest BCUT2D eigenvalue weighted by Gasteiger charge is 2.54. The van der Waals surface area contributed by atoms with Crippen LogP contribution in [-0.4, -0.2) is 47.0 Å². The molecule has 0 saturated carbocycles. The minimum Gasteiger partial charge on any atom is -0.497 e. The fourth-order valence-electron chi connectivity index (χ4n) is 3.71. The van der Waals surface area contributed by atoms with E-state index in [1.54, 1.807) is 43.5 Å². The van der Waals surface area contributed by atoms with E-state index in [4.69, 9.17) is 9.47 Å². The highest BCUT2D eigenvalue weighted by molar-refractivity contribution is 8.00. The summed E-state index contributed by atoms with van der Waals surface area (Å²) >= 11 is 1.51. The maximum absolute atomic E-state index is 13.0. The zero-order valence-corrected chi connectivity index (χ0v) is 19.1.